The SMILES string of the molecule is O=C1C(O)CCN1C1=CC=C(S(=O)(=O)NC2CCCCCCCCC2)CC1. The quantitative estimate of drug-likeness (QED) is 0.765. The van der Waals surface area contributed by atoms with Crippen LogP contribution in [0.3, 0.4) is 0 Å². The summed E-state index contributed by atoms with van der Waals surface area (Å²) in [7, 11) is -3.49. The van der Waals surface area contributed by atoms with Gasteiger partial charge in [0.15, 0.2) is 0 Å². The maximum atomic E-state index is 12.8. The number of nitrogens with zero attached hydrogens (tertiary/aromatic N) is 1. The van der Waals surface area contributed by atoms with Crippen LogP contribution in [0.4, 0.5) is 0 Å². The Labute approximate surface area is 162 Å². The summed E-state index contributed by atoms with van der Waals surface area (Å²) in [5, 5.41) is 9.60. The smallest absolute Gasteiger partial charge is 0.255 e. The normalized spacial score (nSPS) is 26.6. The van der Waals surface area contributed by atoms with E-state index in [2.05, 4.69) is 4.72 Å². The van der Waals surface area contributed by atoms with Gasteiger partial charge < -0.3 is 10.0 Å². The van der Waals surface area contributed by atoms with Gasteiger partial charge >= 0.3 is 0 Å². The van der Waals surface area contributed by atoms with Gasteiger partial charge in [-0.05, 0) is 37.8 Å². The van der Waals surface area contributed by atoms with Crippen LogP contribution in [0.2, 0.25) is 0 Å². The van der Waals surface area contributed by atoms with Crippen LogP contribution in [0.1, 0.15) is 77.0 Å². The second kappa shape index (κ2) is 9.34. The lowest BCUT2D eigenvalue weighted by Crippen LogP contribution is -2.36. The lowest BCUT2D eigenvalue weighted by molar-refractivity contribution is -0.132. The van der Waals surface area contributed by atoms with E-state index in [1.165, 1.54) is 32.1 Å². The molecule has 1 aliphatic heterocycles. The number of carbonyl (C=O) groups is 1. The van der Waals surface area contributed by atoms with E-state index in [1.807, 2.05) is 0 Å². The van der Waals surface area contributed by atoms with Gasteiger partial charge in [0, 0.05) is 24.7 Å². The minimum atomic E-state index is -3.49. The highest BCUT2D eigenvalue weighted by atomic mass is 32.2. The van der Waals surface area contributed by atoms with E-state index in [9.17, 15) is 18.3 Å². The summed E-state index contributed by atoms with van der Waals surface area (Å²) >= 11 is 0. The summed E-state index contributed by atoms with van der Waals surface area (Å²) in [6.45, 7) is 0.502. The molecule has 0 radical (unpaired) electrons. The zero-order chi connectivity index (χ0) is 19.3. The molecule has 0 aromatic heterocycles. The first-order valence-electron chi connectivity index (χ1n) is 10.4. The molecule has 0 bridgehead atoms. The highest BCUT2D eigenvalue weighted by Crippen LogP contribution is 2.28. The van der Waals surface area contributed by atoms with Crippen LogP contribution < -0.4 is 4.72 Å². The first-order valence-corrected chi connectivity index (χ1v) is 11.9. The maximum absolute atomic E-state index is 12.8. The van der Waals surface area contributed by atoms with Crippen LogP contribution in [0.15, 0.2) is 22.8 Å². The zero-order valence-corrected chi connectivity index (χ0v) is 16.8. The van der Waals surface area contributed by atoms with Gasteiger partial charge in [0.1, 0.15) is 6.10 Å². The number of amides is 1. The number of aliphatic hydroxyl groups excluding tert-OH is 1. The summed E-state index contributed by atoms with van der Waals surface area (Å²) < 4.78 is 28.6. The Morgan fingerprint density at radius 2 is 1.56 bits per heavy atom. The number of aliphatic hydroxyl groups is 1. The lowest BCUT2D eigenvalue weighted by Gasteiger charge is -2.25. The molecule has 7 heteroatoms. The average molecular weight is 397 g/mol. The molecular weight excluding hydrogens is 364 g/mol. The van der Waals surface area contributed by atoms with Crippen molar-refractivity contribution in [2.45, 2.75) is 89.2 Å². The van der Waals surface area contributed by atoms with Crippen LogP contribution in [-0.2, 0) is 14.8 Å². The number of likely N-dealkylation sites (tertiary alicyclic amines) is 1. The predicted octanol–water partition coefficient (Wildman–Crippen LogP) is 2.95. The van der Waals surface area contributed by atoms with E-state index >= 15 is 0 Å². The minimum Gasteiger partial charge on any atom is -0.383 e. The molecule has 0 aromatic rings. The Kier molecular flexibility index (Phi) is 7.11. The maximum Gasteiger partial charge on any atom is 0.255 e. The Balaban J connectivity index is 1.63. The molecule has 1 atom stereocenters. The molecule has 0 spiro atoms. The lowest BCUT2D eigenvalue weighted by atomic mass is 9.98. The van der Waals surface area contributed by atoms with Gasteiger partial charge in [-0.3, -0.25) is 4.79 Å². The third-order valence-electron chi connectivity index (χ3n) is 5.89. The summed E-state index contributed by atoms with van der Waals surface area (Å²) in [6, 6.07) is 0.0229. The fourth-order valence-electron chi connectivity index (χ4n) is 4.23. The molecule has 1 saturated carbocycles. The second-order valence-corrected chi connectivity index (χ2v) is 9.72. The Bertz CT molecular complexity index is 689. The second-order valence-electron chi connectivity index (χ2n) is 7.96. The summed E-state index contributed by atoms with van der Waals surface area (Å²) in [6.07, 6.45) is 13.9. The molecular formula is C20H32N2O4S. The van der Waals surface area contributed by atoms with E-state index in [0.29, 0.717) is 30.7 Å². The van der Waals surface area contributed by atoms with Crippen molar-refractivity contribution in [3.05, 3.63) is 22.8 Å². The molecule has 1 amide bonds. The van der Waals surface area contributed by atoms with Gasteiger partial charge in [-0.25, -0.2) is 13.1 Å². The number of rotatable bonds is 4. The van der Waals surface area contributed by atoms with Crippen molar-refractivity contribution in [2.24, 2.45) is 0 Å². The van der Waals surface area contributed by atoms with Crippen molar-refractivity contribution in [3.63, 3.8) is 0 Å². The van der Waals surface area contributed by atoms with Crippen LogP contribution in [0, 0.1) is 0 Å². The van der Waals surface area contributed by atoms with E-state index in [-0.39, 0.29) is 11.9 Å². The van der Waals surface area contributed by atoms with Gasteiger partial charge in [0.25, 0.3) is 5.91 Å². The van der Waals surface area contributed by atoms with E-state index < -0.39 is 16.1 Å². The zero-order valence-electron chi connectivity index (χ0n) is 16.0. The van der Waals surface area contributed by atoms with Crippen molar-refractivity contribution < 1.29 is 18.3 Å². The molecule has 2 fully saturated rings. The molecule has 6 nitrogen and oxygen atoms in total. The fraction of sp³-hybridized carbons (Fsp3) is 0.750. The number of nitrogens with one attached hydrogen (secondary N) is 1. The van der Waals surface area contributed by atoms with Crippen LogP contribution in [0.5, 0.6) is 0 Å². The van der Waals surface area contributed by atoms with E-state index in [4.69, 9.17) is 0 Å². The highest BCUT2D eigenvalue weighted by Gasteiger charge is 2.33. The standard InChI is InChI=1S/C20H32N2O4S/c23-19-14-15-22(20(19)24)17-10-12-18(13-11-17)27(25,26)21-16-8-6-4-2-1-3-5-7-9-16/h10,12,16,19,21,23H,1-9,11,13-15H2. The Morgan fingerprint density at radius 3 is 2.07 bits per heavy atom. The van der Waals surface area contributed by atoms with Crippen LogP contribution in [0.25, 0.3) is 0 Å². The monoisotopic (exact) mass is 396 g/mol. The van der Waals surface area contributed by atoms with E-state index in [1.54, 1.807) is 17.1 Å². The van der Waals surface area contributed by atoms with Crippen molar-refractivity contribution in [1.82, 2.24) is 9.62 Å². The third-order valence-corrected chi connectivity index (χ3v) is 7.56. The largest absolute Gasteiger partial charge is 0.383 e. The molecule has 1 heterocycles. The fourth-order valence-corrected chi connectivity index (χ4v) is 5.67. The Hall–Kier alpha value is -1.18. The van der Waals surface area contributed by atoms with Crippen molar-refractivity contribution in [3.8, 4) is 0 Å². The molecule has 0 aromatic carbocycles. The van der Waals surface area contributed by atoms with Crippen LogP contribution >= 0.6 is 0 Å². The van der Waals surface area contributed by atoms with Gasteiger partial charge in [-0.1, -0.05) is 44.9 Å². The van der Waals surface area contributed by atoms with Crippen LogP contribution in [-0.4, -0.2) is 43.0 Å². The molecule has 2 aliphatic carbocycles. The molecule has 27 heavy (non-hydrogen) atoms. The number of hydrogen-bond acceptors (Lipinski definition) is 4. The van der Waals surface area contributed by atoms with Crippen molar-refractivity contribution in [2.75, 3.05) is 6.54 Å². The van der Waals surface area contributed by atoms with E-state index in [0.717, 1.165) is 31.4 Å². The van der Waals surface area contributed by atoms with Gasteiger partial charge in [-0.2, -0.15) is 0 Å². The summed E-state index contributed by atoms with van der Waals surface area (Å²) in [5.41, 5.74) is 0.800. The number of carbonyl (C=O) groups excluding carboxylic acids is 1. The molecule has 3 aliphatic rings. The predicted molar refractivity (Wildman–Crippen MR) is 105 cm³/mol. The van der Waals surface area contributed by atoms with Gasteiger partial charge in [-0.15, -0.1) is 0 Å². The third kappa shape index (κ3) is 5.42. The van der Waals surface area contributed by atoms with Gasteiger partial charge in [0.05, 0.1) is 4.91 Å². The first kappa shape index (κ1) is 20.6. The topological polar surface area (TPSA) is 86.7 Å². The van der Waals surface area contributed by atoms with Crippen molar-refractivity contribution >= 4 is 15.9 Å². The molecule has 3 rings (SSSR count). The summed E-state index contributed by atoms with van der Waals surface area (Å²) in [5.74, 6) is -0.277. The number of sulfonamides is 1. The molecule has 2 N–H and O–H groups in total. The van der Waals surface area contributed by atoms with Gasteiger partial charge in [0.2, 0.25) is 10.0 Å². The summed E-state index contributed by atoms with van der Waals surface area (Å²) in [4.78, 5) is 13.9. The number of allylic oxidation sites excluding steroid dienone is 4. The number of hydrogen-bond donors (Lipinski definition) is 2. The first-order chi connectivity index (χ1) is 13.0. The molecule has 152 valence electrons. The van der Waals surface area contributed by atoms with Crippen molar-refractivity contribution in [1.29, 1.82) is 0 Å². The average Bonchev–Trinajstić information content (AvgIpc) is 2.99. The molecule has 1 unspecified atom stereocenters. The highest BCUT2D eigenvalue weighted by molar-refractivity contribution is 7.93. The Morgan fingerprint density at radius 1 is 0.926 bits per heavy atom. The minimum absolute atomic E-state index is 0.0229. The molecule has 1 saturated heterocycles.